The Bertz CT molecular complexity index is 756. The second kappa shape index (κ2) is 7.87. The van der Waals surface area contributed by atoms with E-state index in [-0.39, 0.29) is 12.2 Å². The summed E-state index contributed by atoms with van der Waals surface area (Å²) in [6.07, 6.45) is -0.832. The smallest absolute Gasteiger partial charge is 0.343 e. The number of benzene rings is 2. The summed E-state index contributed by atoms with van der Waals surface area (Å²) >= 11 is 11.9. The van der Waals surface area contributed by atoms with Gasteiger partial charge in [0.25, 0.3) is 0 Å². The molecule has 23 heavy (non-hydrogen) atoms. The molecule has 0 aromatic heterocycles. The van der Waals surface area contributed by atoms with E-state index in [0.717, 1.165) is 5.56 Å². The third-order valence-corrected chi connectivity index (χ3v) is 3.56. The van der Waals surface area contributed by atoms with Crippen LogP contribution in [-0.2, 0) is 11.3 Å². The molecule has 0 heterocycles. The average molecular weight is 350 g/mol. The van der Waals surface area contributed by atoms with Gasteiger partial charge in [-0.1, -0.05) is 41.4 Å². The van der Waals surface area contributed by atoms with Crippen molar-refractivity contribution in [3.8, 4) is 11.8 Å². The van der Waals surface area contributed by atoms with Gasteiger partial charge in [-0.2, -0.15) is 5.26 Å². The minimum Gasteiger partial charge on any atom is -0.488 e. The maximum absolute atomic E-state index is 12.1. The largest absolute Gasteiger partial charge is 0.488 e. The summed E-state index contributed by atoms with van der Waals surface area (Å²) in [7, 11) is 0. The number of carbonyl (C=O) groups excluding carboxylic acids is 1. The van der Waals surface area contributed by atoms with E-state index in [9.17, 15) is 4.79 Å². The van der Waals surface area contributed by atoms with Crippen molar-refractivity contribution < 1.29 is 14.3 Å². The van der Waals surface area contributed by atoms with Gasteiger partial charge in [0.1, 0.15) is 24.0 Å². The molecule has 0 bridgehead atoms. The fourth-order valence-corrected chi connectivity index (χ4v) is 2.27. The number of hydrogen-bond acceptors (Lipinski definition) is 4. The molecule has 0 N–H and O–H groups in total. The average Bonchev–Trinajstić information content (AvgIpc) is 2.54. The molecule has 0 aliphatic heterocycles. The summed E-state index contributed by atoms with van der Waals surface area (Å²) in [5.74, 6) is -0.259. The minimum atomic E-state index is -0.832. The molecule has 6 heteroatoms. The number of nitrogens with zero attached hydrogens (tertiary/aromatic N) is 1. The van der Waals surface area contributed by atoms with Crippen molar-refractivity contribution in [1.82, 2.24) is 0 Å². The van der Waals surface area contributed by atoms with E-state index in [0.29, 0.717) is 15.8 Å². The van der Waals surface area contributed by atoms with Crippen LogP contribution in [0.5, 0.6) is 5.75 Å². The Morgan fingerprint density at radius 2 is 2.00 bits per heavy atom. The molecule has 0 saturated heterocycles. The summed E-state index contributed by atoms with van der Waals surface area (Å²) in [6.45, 7) is 1.67. The molecule has 0 saturated carbocycles. The molecule has 0 fully saturated rings. The number of nitriles is 1. The summed E-state index contributed by atoms with van der Waals surface area (Å²) in [5, 5.41) is 9.74. The molecular weight excluding hydrogens is 337 g/mol. The van der Waals surface area contributed by atoms with Crippen molar-refractivity contribution in [2.75, 3.05) is 0 Å². The van der Waals surface area contributed by atoms with Crippen molar-refractivity contribution in [2.24, 2.45) is 0 Å². The summed E-state index contributed by atoms with van der Waals surface area (Å²) < 4.78 is 10.7. The maximum Gasteiger partial charge on any atom is 0.343 e. The molecule has 0 unspecified atom stereocenters. The molecule has 2 aromatic carbocycles. The monoisotopic (exact) mass is 349 g/mol. The topological polar surface area (TPSA) is 59.3 Å². The number of esters is 1. The van der Waals surface area contributed by atoms with Crippen molar-refractivity contribution in [2.45, 2.75) is 19.6 Å². The lowest BCUT2D eigenvalue weighted by atomic mass is 10.2. The molecule has 2 rings (SSSR count). The van der Waals surface area contributed by atoms with Crippen molar-refractivity contribution >= 4 is 29.2 Å². The third kappa shape index (κ3) is 4.62. The Morgan fingerprint density at radius 3 is 2.70 bits per heavy atom. The van der Waals surface area contributed by atoms with Gasteiger partial charge in [-0.25, -0.2) is 4.79 Å². The number of ether oxygens (including phenoxy) is 2. The van der Waals surface area contributed by atoms with Gasteiger partial charge in [0.15, 0.2) is 6.10 Å². The van der Waals surface area contributed by atoms with Crippen LogP contribution in [0, 0.1) is 11.3 Å². The lowest BCUT2D eigenvalue weighted by Gasteiger charge is -2.12. The first-order valence-electron chi connectivity index (χ1n) is 6.77. The normalized spacial score (nSPS) is 11.4. The molecule has 4 nitrogen and oxygen atoms in total. The summed E-state index contributed by atoms with van der Waals surface area (Å²) in [6, 6.07) is 13.6. The minimum absolute atomic E-state index is 0.175. The quantitative estimate of drug-likeness (QED) is 0.737. The highest BCUT2D eigenvalue weighted by Gasteiger charge is 2.16. The number of rotatable bonds is 5. The number of carbonyl (C=O) groups is 1. The Labute approximate surface area is 144 Å². The highest BCUT2D eigenvalue weighted by Crippen LogP contribution is 2.25. The van der Waals surface area contributed by atoms with Gasteiger partial charge in [0.05, 0.1) is 0 Å². The van der Waals surface area contributed by atoms with E-state index in [1.807, 2.05) is 6.07 Å². The van der Waals surface area contributed by atoms with Crippen molar-refractivity contribution in [3.05, 3.63) is 63.6 Å². The van der Waals surface area contributed by atoms with Gasteiger partial charge in [0, 0.05) is 15.6 Å². The zero-order chi connectivity index (χ0) is 16.8. The fraction of sp³-hybridized carbons (Fsp3) is 0.176. The van der Waals surface area contributed by atoms with Crippen molar-refractivity contribution in [3.63, 3.8) is 0 Å². The zero-order valence-electron chi connectivity index (χ0n) is 12.3. The second-order valence-electron chi connectivity index (χ2n) is 4.70. The van der Waals surface area contributed by atoms with Gasteiger partial charge < -0.3 is 9.47 Å². The lowest BCUT2D eigenvalue weighted by Crippen LogP contribution is -2.14. The van der Waals surface area contributed by atoms with Gasteiger partial charge in [0.2, 0.25) is 0 Å². The van der Waals surface area contributed by atoms with Crippen LogP contribution in [0.15, 0.2) is 42.5 Å². The predicted octanol–water partition coefficient (Wildman–Crippen LogP) is 4.64. The highest BCUT2D eigenvalue weighted by molar-refractivity contribution is 6.35. The van der Waals surface area contributed by atoms with E-state index < -0.39 is 12.1 Å². The van der Waals surface area contributed by atoms with Crippen LogP contribution in [-0.4, -0.2) is 12.1 Å². The van der Waals surface area contributed by atoms with Crippen LogP contribution in [0.4, 0.5) is 0 Å². The second-order valence-corrected chi connectivity index (χ2v) is 5.54. The van der Waals surface area contributed by atoms with Crippen LogP contribution in [0.2, 0.25) is 10.0 Å². The van der Waals surface area contributed by atoms with Crippen LogP contribution < -0.4 is 4.74 Å². The molecule has 0 aliphatic carbocycles. The molecule has 118 valence electrons. The first kappa shape index (κ1) is 17.1. The first-order chi connectivity index (χ1) is 11.0. The number of hydrogen-bond donors (Lipinski definition) is 0. The van der Waals surface area contributed by atoms with E-state index in [1.165, 1.54) is 6.92 Å². The van der Waals surface area contributed by atoms with Gasteiger partial charge in [-0.05, 0) is 31.2 Å². The fourth-order valence-electron chi connectivity index (χ4n) is 1.81. The summed E-state index contributed by atoms with van der Waals surface area (Å²) in [5.41, 5.74) is 0.990. The molecule has 0 radical (unpaired) electrons. The first-order valence-corrected chi connectivity index (χ1v) is 7.53. The SMILES string of the molecule is C[C@@H](C#N)OC(=O)c1ccccc1OCc1ccc(Cl)cc1Cl. The lowest BCUT2D eigenvalue weighted by molar-refractivity contribution is 0.0430. The molecule has 1 atom stereocenters. The van der Waals surface area contributed by atoms with E-state index in [1.54, 1.807) is 42.5 Å². The standard InChI is InChI=1S/C17H13Cl2NO3/c1-11(9-20)23-17(21)14-4-2-3-5-16(14)22-10-12-6-7-13(18)8-15(12)19/h2-8,11H,10H2,1H3/t11-/m0/s1. The highest BCUT2D eigenvalue weighted by atomic mass is 35.5. The van der Waals surface area contributed by atoms with Gasteiger partial charge in [-0.3, -0.25) is 0 Å². The molecule has 0 amide bonds. The van der Waals surface area contributed by atoms with Crippen LogP contribution in [0.1, 0.15) is 22.8 Å². The third-order valence-electron chi connectivity index (χ3n) is 2.97. The van der Waals surface area contributed by atoms with E-state index >= 15 is 0 Å². The number of halogens is 2. The molecule has 0 spiro atoms. The van der Waals surface area contributed by atoms with Gasteiger partial charge in [-0.15, -0.1) is 0 Å². The van der Waals surface area contributed by atoms with Crippen LogP contribution >= 0.6 is 23.2 Å². The van der Waals surface area contributed by atoms with E-state index in [4.69, 9.17) is 37.9 Å². The summed E-state index contributed by atoms with van der Waals surface area (Å²) in [4.78, 5) is 12.1. The maximum atomic E-state index is 12.1. The Balaban J connectivity index is 2.14. The van der Waals surface area contributed by atoms with Crippen LogP contribution in [0.25, 0.3) is 0 Å². The zero-order valence-corrected chi connectivity index (χ0v) is 13.8. The molecular formula is C17H13Cl2NO3. The molecule has 0 aliphatic rings. The van der Waals surface area contributed by atoms with Crippen molar-refractivity contribution in [1.29, 1.82) is 5.26 Å². The van der Waals surface area contributed by atoms with E-state index in [2.05, 4.69) is 0 Å². The Kier molecular flexibility index (Phi) is 5.86. The Morgan fingerprint density at radius 1 is 1.26 bits per heavy atom. The predicted molar refractivity (Wildman–Crippen MR) is 87.7 cm³/mol. The molecule has 2 aromatic rings. The van der Waals surface area contributed by atoms with Crippen LogP contribution in [0.3, 0.4) is 0 Å². The van der Waals surface area contributed by atoms with Gasteiger partial charge >= 0.3 is 5.97 Å². The Hall–Kier alpha value is -2.22. The number of para-hydroxylation sites is 1.